The highest BCUT2D eigenvalue weighted by molar-refractivity contribution is 5.96. The van der Waals surface area contributed by atoms with Crippen LogP contribution in [0.3, 0.4) is 0 Å². The molecule has 1 unspecified atom stereocenters. The first-order valence-corrected chi connectivity index (χ1v) is 7.99. The second kappa shape index (κ2) is 6.66. The van der Waals surface area contributed by atoms with Gasteiger partial charge in [0.25, 0.3) is 5.91 Å². The van der Waals surface area contributed by atoms with Gasteiger partial charge >= 0.3 is 5.97 Å². The zero-order valence-corrected chi connectivity index (χ0v) is 12.8. The molecule has 3 rings (SSSR count). The van der Waals surface area contributed by atoms with Crippen LogP contribution < -0.4 is 0 Å². The molecule has 1 atom stereocenters. The monoisotopic (exact) mass is 321 g/mol. The van der Waals surface area contributed by atoms with Crippen molar-refractivity contribution in [2.45, 2.75) is 31.7 Å². The molecule has 0 aromatic heterocycles. The summed E-state index contributed by atoms with van der Waals surface area (Å²) in [4.78, 5) is 25.3. The van der Waals surface area contributed by atoms with Crippen LogP contribution in [0.15, 0.2) is 18.2 Å². The van der Waals surface area contributed by atoms with Gasteiger partial charge in [-0.1, -0.05) is 0 Å². The summed E-state index contributed by atoms with van der Waals surface area (Å²) >= 11 is 0. The summed E-state index contributed by atoms with van der Waals surface area (Å²) in [7, 11) is 0. The van der Waals surface area contributed by atoms with Gasteiger partial charge in [0.05, 0.1) is 11.1 Å². The van der Waals surface area contributed by atoms with E-state index in [9.17, 15) is 14.0 Å². The molecule has 2 aliphatic heterocycles. The van der Waals surface area contributed by atoms with E-state index in [1.165, 1.54) is 12.1 Å². The van der Waals surface area contributed by atoms with Gasteiger partial charge in [-0.25, -0.2) is 9.18 Å². The largest absolute Gasteiger partial charge is 0.478 e. The zero-order valence-electron chi connectivity index (χ0n) is 12.8. The average molecular weight is 321 g/mol. The van der Waals surface area contributed by atoms with Gasteiger partial charge in [0.2, 0.25) is 0 Å². The summed E-state index contributed by atoms with van der Waals surface area (Å²) in [6.45, 7) is 2.05. The number of halogens is 1. The Morgan fingerprint density at radius 1 is 1.22 bits per heavy atom. The van der Waals surface area contributed by atoms with E-state index in [1.54, 1.807) is 4.90 Å². The molecule has 1 amide bonds. The first kappa shape index (κ1) is 15.9. The minimum absolute atomic E-state index is 0.0473. The third kappa shape index (κ3) is 3.22. The van der Waals surface area contributed by atoms with Crippen molar-refractivity contribution in [2.75, 3.05) is 19.8 Å². The van der Waals surface area contributed by atoms with E-state index >= 15 is 0 Å². The number of carbonyl (C=O) groups excluding carboxylic acids is 1. The molecule has 6 heteroatoms. The van der Waals surface area contributed by atoms with Gasteiger partial charge in [-0.15, -0.1) is 0 Å². The minimum Gasteiger partial charge on any atom is -0.478 e. The van der Waals surface area contributed by atoms with Crippen LogP contribution in [0.4, 0.5) is 4.39 Å². The predicted molar refractivity (Wildman–Crippen MR) is 81.0 cm³/mol. The van der Waals surface area contributed by atoms with Gasteiger partial charge in [0.1, 0.15) is 5.82 Å². The first-order valence-electron chi connectivity index (χ1n) is 7.99. The summed E-state index contributed by atoms with van der Waals surface area (Å²) in [6.07, 6.45) is 3.71. The fourth-order valence-corrected chi connectivity index (χ4v) is 3.61. The third-order valence-electron chi connectivity index (χ3n) is 4.82. The van der Waals surface area contributed by atoms with Crippen molar-refractivity contribution in [3.8, 4) is 0 Å². The van der Waals surface area contributed by atoms with E-state index in [2.05, 4.69) is 0 Å². The molecule has 1 N–H and O–H groups in total. The highest BCUT2D eigenvalue weighted by Gasteiger charge is 2.36. The van der Waals surface area contributed by atoms with Crippen LogP contribution in [0, 0.1) is 11.7 Å². The van der Waals surface area contributed by atoms with Crippen LogP contribution in [0.25, 0.3) is 0 Å². The number of benzene rings is 1. The molecule has 1 aromatic rings. The van der Waals surface area contributed by atoms with Crippen LogP contribution >= 0.6 is 0 Å². The molecule has 5 nitrogen and oxygen atoms in total. The fraction of sp³-hybridized carbons (Fsp3) is 0.529. The number of rotatable bonds is 3. The summed E-state index contributed by atoms with van der Waals surface area (Å²) in [6, 6.07) is 3.60. The molecule has 0 bridgehead atoms. The van der Waals surface area contributed by atoms with Gasteiger partial charge in [-0.2, -0.15) is 0 Å². The Morgan fingerprint density at radius 3 is 2.61 bits per heavy atom. The van der Waals surface area contributed by atoms with Crippen LogP contribution in [-0.2, 0) is 4.74 Å². The lowest BCUT2D eigenvalue weighted by molar-refractivity contribution is 0.0321. The van der Waals surface area contributed by atoms with Gasteiger partial charge < -0.3 is 14.7 Å². The highest BCUT2D eigenvalue weighted by Crippen LogP contribution is 2.32. The summed E-state index contributed by atoms with van der Waals surface area (Å²) in [5.74, 6) is -1.92. The molecule has 0 aliphatic carbocycles. The van der Waals surface area contributed by atoms with Crippen molar-refractivity contribution in [2.24, 2.45) is 5.92 Å². The number of carbonyl (C=O) groups is 2. The van der Waals surface area contributed by atoms with Gasteiger partial charge in [0, 0.05) is 25.8 Å². The molecule has 0 spiro atoms. The van der Waals surface area contributed by atoms with E-state index < -0.39 is 11.8 Å². The molecule has 2 saturated heterocycles. The second-order valence-corrected chi connectivity index (χ2v) is 6.16. The molecule has 23 heavy (non-hydrogen) atoms. The van der Waals surface area contributed by atoms with Crippen molar-refractivity contribution in [1.29, 1.82) is 0 Å². The van der Waals surface area contributed by atoms with Crippen molar-refractivity contribution >= 4 is 11.9 Å². The minimum atomic E-state index is -1.20. The van der Waals surface area contributed by atoms with E-state index in [0.29, 0.717) is 25.7 Å². The van der Waals surface area contributed by atoms with Crippen molar-refractivity contribution in [3.05, 3.63) is 35.1 Å². The number of ether oxygens (including phenoxy) is 1. The summed E-state index contributed by atoms with van der Waals surface area (Å²) < 4.78 is 19.5. The number of nitrogens with zero attached hydrogens (tertiary/aromatic N) is 1. The number of hydrogen-bond acceptors (Lipinski definition) is 3. The van der Waals surface area contributed by atoms with E-state index in [1.807, 2.05) is 0 Å². The molecule has 124 valence electrons. The number of amides is 1. The Balaban J connectivity index is 1.80. The maximum absolute atomic E-state index is 14.2. The maximum atomic E-state index is 14.2. The number of hydrogen-bond donors (Lipinski definition) is 1. The van der Waals surface area contributed by atoms with E-state index in [4.69, 9.17) is 9.84 Å². The molecule has 2 aliphatic rings. The average Bonchev–Trinajstić information content (AvgIpc) is 3.04. The molecule has 1 aromatic carbocycles. The van der Waals surface area contributed by atoms with Crippen molar-refractivity contribution in [3.63, 3.8) is 0 Å². The molecule has 2 heterocycles. The van der Waals surface area contributed by atoms with Gasteiger partial charge in [-0.05, 0) is 49.8 Å². The lowest BCUT2D eigenvalue weighted by Gasteiger charge is -2.34. The van der Waals surface area contributed by atoms with E-state index in [0.717, 1.165) is 31.7 Å². The Hall–Kier alpha value is -1.95. The van der Waals surface area contributed by atoms with Crippen LogP contribution in [0.5, 0.6) is 0 Å². The predicted octanol–water partition coefficient (Wildman–Crippen LogP) is 2.56. The topological polar surface area (TPSA) is 66.8 Å². The molecule has 0 saturated carbocycles. The van der Waals surface area contributed by atoms with Crippen LogP contribution in [-0.4, -0.2) is 47.7 Å². The number of carboxylic acid groups (broad SMARTS) is 1. The maximum Gasteiger partial charge on any atom is 0.335 e. The van der Waals surface area contributed by atoms with Crippen LogP contribution in [0.1, 0.15) is 46.4 Å². The van der Waals surface area contributed by atoms with Crippen molar-refractivity contribution in [1.82, 2.24) is 4.90 Å². The van der Waals surface area contributed by atoms with Gasteiger partial charge in [0.15, 0.2) is 0 Å². The summed E-state index contributed by atoms with van der Waals surface area (Å²) in [5.41, 5.74) is -0.199. The molecular weight excluding hydrogens is 301 g/mol. The quantitative estimate of drug-likeness (QED) is 0.929. The number of aromatic carboxylic acids is 1. The smallest absolute Gasteiger partial charge is 0.335 e. The number of carboxylic acids is 1. The standard InChI is InChI=1S/C17H20FNO4/c18-14-10-12(17(21)22)3-4-13(14)16(20)19-7-1-2-15(19)11-5-8-23-9-6-11/h3-4,10-11,15H,1-2,5-9H2,(H,21,22). The molecular formula is C17H20FNO4. The lowest BCUT2D eigenvalue weighted by Crippen LogP contribution is -2.42. The van der Waals surface area contributed by atoms with E-state index in [-0.39, 0.29) is 23.1 Å². The normalized spacial score (nSPS) is 22.3. The fourth-order valence-electron chi connectivity index (χ4n) is 3.61. The Kier molecular flexibility index (Phi) is 4.61. The Morgan fingerprint density at radius 2 is 1.96 bits per heavy atom. The SMILES string of the molecule is O=C(O)c1ccc(C(=O)N2CCCC2C2CCOCC2)c(F)c1. The second-order valence-electron chi connectivity index (χ2n) is 6.16. The zero-order chi connectivity index (χ0) is 16.4. The lowest BCUT2D eigenvalue weighted by atomic mass is 9.90. The number of likely N-dealkylation sites (tertiary alicyclic amines) is 1. The van der Waals surface area contributed by atoms with Crippen molar-refractivity contribution < 1.29 is 23.8 Å². The summed E-state index contributed by atoms with van der Waals surface area (Å²) in [5, 5.41) is 8.89. The first-order chi connectivity index (χ1) is 11.1. The molecule has 0 radical (unpaired) electrons. The molecule has 2 fully saturated rings. The third-order valence-corrected chi connectivity index (χ3v) is 4.82. The van der Waals surface area contributed by atoms with Crippen LogP contribution in [0.2, 0.25) is 0 Å². The Bertz CT molecular complexity index is 613. The Labute approximate surface area is 134 Å². The highest BCUT2D eigenvalue weighted by atomic mass is 19.1. The van der Waals surface area contributed by atoms with Gasteiger partial charge in [-0.3, -0.25) is 4.79 Å².